The first-order valence-electron chi connectivity index (χ1n) is 6.69. The molecule has 5 heteroatoms. The van der Waals surface area contributed by atoms with Crippen molar-refractivity contribution in [3.8, 4) is 0 Å². The number of hydrogen-bond acceptors (Lipinski definition) is 3. The van der Waals surface area contributed by atoms with Crippen LogP contribution < -0.4 is 10.6 Å². The minimum absolute atomic E-state index is 0.113. The largest absolute Gasteiger partial charge is 0.354 e. The molecule has 2 heterocycles. The minimum Gasteiger partial charge on any atom is -0.354 e. The Morgan fingerprint density at radius 3 is 2.74 bits per heavy atom. The smallest absolute Gasteiger partial charge is 0.241 e. The van der Waals surface area contributed by atoms with Gasteiger partial charge in [0.05, 0.1) is 0 Å². The SMILES string of the molecule is O=C1NCCC12CNCCN2Cc1ccc(F)cc1. The topological polar surface area (TPSA) is 44.4 Å². The van der Waals surface area contributed by atoms with Gasteiger partial charge in [-0.2, -0.15) is 0 Å². The standard InChI is InChI=1S/C14H18FN3O/c15-12-3-1-11(2-4-12)9-18-8-7-16-10-14(18)5-6-17-13(14)19/h1-4,16H,5-10H2,(H,17,19). The maximum absolute atomic E-state index is 12.9. The molecule has 0 aliphatic carbocycles. The minimum atomic E-state index is -0.424. The van der Waals surface area contributed by atoms with Gasteiger partial charge in [-0.05, 0) is 24.1 Å². The highest BCUT2D eigenvalue weighted by Gasteiger charge is 2.48. The molecule has 4 nitrogen and oxygen atoms in total. The molecule has 2 aliphatic heterocycles. The average Bonchev–Trinajstić information content (AvgIpc) is 2.77. The van der Waals surface area contributed by atoms with Crippen LogP contribution in [0, 0.1) is 5.82 Å². The van der Waals surface area contributed by atoms with Crippen LogP contribution in [0.5, 0.6) is 0 Å². The summed E-state index contributed by atoms with van der Waals surface area (Å²) < 4.78 is 12.9. The van der Waals surface area contributed by atoms with Crippen LogP contribution in [-0.2, 0) is 11.3 Å². The molecule has 0 aromatic heterocycles. The van der Waals surface area contributed by atoms with Gasteiger partial charge in [0.2, 0.25) is 5.91 Å². The molecule has 0 bridgehead atoms. The molecule has 1 amide bonds. The number of rotatable bonds is 2. The molecule has 1 atom stereocenters. The summed E-state index contributed by atoms with van der Waals surface area (Å²) in [6.07, 6.45) is 0.833. The Balaban J connectivity index is 1.81. The van der Waals surface area contributed by atoms with Crippen molar-refractivity contribution < 1.29 is 9.18 Å². The number of carbonyl (C=O) groups excluding carboxylic acids is 1. The monoisotopic (exact) mass is 263 g/mol. The third-order valence-corrected chi connectivity index (χ3v) is 4.11. The number of carbonyl (C=O) groups is 1. The molecule has 1 unspecified atom stereocenters. The van der Waals surface area contributed by atoms with E-state index in [9.17, 15) is 9.18 Å². The Bertz CT molecular complexity index is 476. The summed E-state index contributed by atoms with van der Waals surface area (Å²) in [5.41, 5.74) is 0.620. The van der Waals surface area contributed by atoms with Crippen LogP contribution in [0.15, 0.2) is 24.3 Å². The van der Waals surface area contributed by atoms with E-state index in [2.05, 4.69) is 15.5 Å². The fraction of sp³-hybridized carbons (Fsp3) is 0.500. The second-order valence-corrected chi connectivity index (χ2v) is 5.26. The first-order valence-corrected chi connectivity index (χ1v) is 6.69. The number of benzene rings is 1. The van der Waals surface area contributed by atoms with Gasteiger partial charge in [0, 0.05) is 32.7 Å². The molecule has 1 aromatic carbocycles. The molecule has 102 valence electrons. The summed E-state index contributed by atoms with van der Waals surface area (Å²) in [5.74, 6) is -0.112. The van der Waals surface area contributed by atoms with Crippen molar-refractivity contribution in [2.24, 2.45) is 0 Å². The summed E-state index contributed by atoms with van der Waals surface area (Å²) in [5, 5.41) is 6.23. The summed E-state index contributed by atoms with van der Waals surface area (Å²) in [7, 11) is 0. The van der Waals surface area contributed by atoms with E-state index < -0.39 is 5.54 Å². The Kier molecular flexibility index (Phi) is 3.24. The van der Waals surface area contributed by atoms with Crippen molar-refractivity contribution in [1.82, 2.24) is 15.5 Å². The normalized spacial score (nSPS) is 27.7. The van der Waals surface area contributed by atoms with Crippen molar-refractivity contribution in [2.75, 3.05) is 26.2 Å². The quantitative estimate of drug-likeness (QED) is 0.816. The highest BCUT2D eigenvalue weighted by Crippen LogP contribution is 2.27. The number of nitrogens with zero attached hydrogens (tertiary/aromatic N) is 1. The predicted molar refractivity (Wildman–Crippen MR) is 70.0 cm³/mol. The summed E-state index contributed by atoms with van der Waals surface area (Å²) >= 11 is 0. The molecule has 2 N–H and O–H groups in total. The first kappa shape index (κ1) is 12.6. The zero-order chi connectivity index (χ0) is 13.3. The van der Waals surface area contributed by atoms with Crippen LogP contribution in [0.2, 0.25) is 0 Å². The summed E-state index contributed by atoms with van der Waals surface area (Å²) in [6, 6.07) is 6.52. The third kappa shape index (κ3) is 2.24. The fourth-order valence-corrected chi connectivity index (χ4v) is 3.01. The van der Waals surface area contributed by atoms with Gasteiger partial charge in [0.1, 0.15) is 11.4 Å². The molecule has 1 aromatic rings. The van der Waals surface area contributed by atoms with E-state index in [1.54, 1.807) is 12.1 Å². The zero-order valence-electron chi connectivity index (χ0n) is 10.8. The van der Waals surface area contributed by atoms with E-state index in [0.717, 1.165) is 31.6 Å². The Hall–Kier alpha value is -1.46. The number of amides is 1. The lowest BCUT2D eigenvalue weighted by atomic mass is 9.92. The van der Waals surface area contributed by atoms with E-state index >= 15 is 0 Å². The molecule has 2 aliphatic rings. The van der Waals surface area contributed by atoms with Crippen molar-refractivity contribution in [3.63, 3.8) is 0 Å². The first-order chi connectivity index (χ1) is 9.21. The Morgan fingerprint density at radius 1 is 1.26 bits per heavy atom. The Morgan fingerprint density at radius 2 is 2.05 bits per heavy atom. The number of piperazine rings is 1. The van der Waals surface area contributed by atoms with E-state index in [4.69, 9.17) is 0 Å². The van der Waals surface area contributed by atoms with Gasteiger partial charge in [0.15, 0.2) is 0 Å². The molecule has 0 radical (unpaired) electrons. The van der Waals surface area contributed by atoms with Gasteiger partial charge in [-0.15, -0.1) is 0 Å². The molecular weight excluding hydrogens is 245 g/mol. The predicted octanol–water partition coefficient (Wildman–Crippen LogP) is 0.490. The van der Waals surface area contributed by atoms with E-state index in [1.165, 1.54) is 12.1 Å². The lowest BCUT2D eigenvalue weighted by Crippen LogP contribution is -2.64. The van der Waals surface area contributed by atoms with Crippen molar-refractivity contribution in [3.05, 3.63) is 35.6 Å². The second kappa shape index (κ2) is 4.90. The van der Waals surface area contributed by atoms with Gasteiger partial charge in [0.25, 0.3) is 0 Å². The average molecular weight is 263 g/mol. The van der Waals surface area contributed by atoms with Crippen molar-refractivity contribution in [2.45, 2.75) is 18.5 Å². The highest BCUT2D eigenvalue weighted by atomic mass is 19.1. The van der Waals surface area contributed by atoms with Crippen LogP contribution in [-0.4, -0.2) is 42.5 Å². The van der Waals surface area contributed by atoms with Crippen molar-refractivity contribution >= 4 is 5.91 Å². The van der Waals surface area contributed by atoms with Crippen LogP contribution in [0.25, 0.3) is 0 Å². The summed E-state index contributed by atoms with van der Waals surface area (Å²) in [4.78, 5) is 14.4. The Labute approximate surface area is 112 Å². The van der Waals surface area contributed by atoms with Crippen LogP contribution in [0.4, 0.5) is 4.39 Å². The van der Waals surface area contributed by atoms with Gasteiger partial charge in [-0.25, -0.2) is 4.39 Å². The molecule has 2 fully saturated rings. The maximum atomic E-state index is 12.9. The number of nitrogens with one attached hydrogen (secondary N) is 2. The molecule has 1 spiro atoms. The van der Waals surface area contributed by atoms with E-state index in [1.807, 2.05) is 0 Å². The van der Waals surface area contributed by atoms with E-state index in [-0.39, 0.29) is 11.7 Å². The molecule has 2 saturated heterocycles. The second-order valence-electron chi connectivity index (χ2n) is 5.26. The van der Waals surface area contributed by atoms with Crippen LogP contribution >= 0.6 is 0 Å². The van der Waals surface area contributed by atoms with Gasteiger partial charge in [-0.1, -0.05) is 12.1 Å². The highest BCUT2D eigenvalue weighted by molar-refractivity contribution is 5.88. The van der Waals surface area contributed by atoms with Gasteiger partial charge in [-0.3, -0.25) is 9.69 Å². The molecular formula is C14H18FN3O. The van der Waals surface area contributed by atoms with Crippen LogP contribution in [0.3, 0.4) is 0 Å². The maximum Gasteiger partial charge on any atom is 0.241 e. The number of halogens is 1. The summed E-state index contributed by atoms with van der Waals surface area (Å²) in [6.45, 7) is 3.84. The third-order valence-electron chi connectivity index (χ3n) is 4.11. The van der Waals surface area contributed by atoms with E-state index in [0.29, 0.717) is 13.1 Å². The van der Waals surface area contributed by atoms with Crippen molar-refractivity contribution in [1.29, 1.82) is 0 Å². The molecule has 19 heavy (non-hydrogen) atoms. The number of hydrogen-bond donors (Lipinski definition) is 2. The van der Waals surface area contributed by atoms with Crippen LogP contribution in [0.1, 0.15) is 12.0 Å². The molecule has 3 rings (SSSR count). The lowest BCUT2D eigenvalue weighted by molar-refractivity contribution is -0.131. The zero-order valence-corrected chi connectivity index (χ0v) is 10.8. The molecule has 0 saturated carbocycles. The fourth-order valence-electron chi connectivity index (χ4n) is 3.01. The van der Waals surface area contributed by atoms with Gasteiger partial charge < -0.3 is 10.6 Å². The van der Waals surface area contributed by atoms with Gasteiger partial charge >= 0.3 is 0 Å². The lowest BCUT2D eigenvalue weighted by Gasteiger charge is -2.43.